The van der Waals surface area contributed by atoms with Crippen molar-refractivity contribution in [1.82, 2.24) is 0 Å². The van der Waals surface area contributed by atoms with Gasteiger partial charge in [-0.1, -0.05) is 66.7 Å². The van der Waals surface area contributed by atoms with Gasteiger partial charge in [0, 0.05) is 7.11 Å². The van der Waals surface area contributed by atoms with Crippen LogP contribution in [-0.4, -0.2) is 32.2 Å². The molecule has 1 aliphatic rings. The lowest BCUT2D eigenvalue weighted by Gasteiger charge is -2.31. The van der Waals surface area contributed by atoms with E-state index in [9.17, 15) is 0 Å². The lowest BCUT2D eigenvalue weighted by molar-refractivity contribution is -0.185. The minimum Gasteiger partial charge on any atom is -0.374 e. The summed E-state index contributed by atoms with van der Waals surface area (Å²) in [5.41, 5.74) is 2.27. The molecule has 0 amide bonds. The van der Waals surface area contributed by atoms with Crippen molar-refractivity contribution in [3.63, 3.8) is 0 Å². The Morgan fingerprint density at radius 2 is 1.48 bits per heavy atom. The summed E-state index contributed by atoms with van der Waals surface area (Å²) in [5, 5.41) is 0. The van der Waals surface area contributed by atoms with E-state index in [0.717, 1.165) is 11.1 Å². The quantitative estimate of drug-likeness (QED) is 0.687. The number of methoxy groups -OCH3 is 1. The molecule has 25 heavy (non-hydrogen) atoms. The smallest absolute Gasteiger partial charge is 0.177 e. The lowest BCUT2D eigenvalue weighted by atomic mass is 10.1. The molecular formula is C21H24O4. The molecule has 3 atom stereocenters. The molecular weight excluding hydrogens is 316 g/mol. The third kappa shape index (κ3) is 5.51. The largest absolute Gasteiger partial charge is 0.374 e. The van der Waals surface area contributed by atoms with Crippen LogP contribution in [0.5, 0.6) is 0 Å². The zero-order valence-electron chi connectivity index (χ0n) is 14.4. The van der Waals surface area contributed by atoms with E-state index in [1.54, 1.807) is 7.11 Å². The Balaban J connectivity index is 1.54. The number of rotatable bonds is 8. The predicted molar refractivity (Wildman–Crippen MR) is 95.9 cm³/mol. The minimum atomic E-state index is -0.359. The summed E-state index contributed by atoms with van der Waals surface area (Å²) in [6.45, 7) is 1.53. The Labute approximate surface area is 149 Å². The van der Waals surface area contributed by atoms with Gasteiger partial charge >= 0.3 is 0 Å². The van der Waals surface area contributed by atoms with Crippen molar-refractivity contribution in [2.45, 2.75) is 31.7 Å². The monoisotopic (exact) mass is 340 g/mol. The number of hydrogen-bond donors (Lipinski definition) is 0. The fourth-order valence-corrected chi connectivity index (χ4v) is 2.68. The molecule has 1 aliphatic heterocycles. The van der Waals surface area contributed by atoms with Crippen molar-refractivity contribution in [2.24, 2.45) is 0 Å². The Kier molecular flexibility index (Phi) is 6.77. The second-order valence-corrected chi connectivity index (χ2v) is 5.93. The van der Waals surface area contributed by atoms with Crippen LogP contribution >= 0.6 is 0 Å². The molecule has 0 unspecified atom stereocenters. The third-order valence-electron chi connectivity index (χ3n) is 4.04. The van der Waals surface area contributed by atoms with E-state index in [1.165, 1.54) is 0 Å². The van der Waals surface area contributed by atoms with E-state index < -0.39 is 0 Å². The van der Waals surface area contributed by atoms with Gasteiger partial charge < -0.3 is 18.9 Å². The number of ether oxygens (including phenoxy) is 4. The Hall–Kier alpha value is -1.98. The van der Waals surface area contributed by atoms with Gasteiger partial charge in [-0.3, -0.25) is 0 Å². The Morgan fingerprint density at radius 1 is 0.840 bits per heavy atom. The Bertz CT molecular complexity index is 641. The second kappa shape index (κ2) is 9.49. The summed E-state index contributed by atoms with van der Waals surface area (Å²) in [6, 6.07) is 20.2. The lowest BCUT2D eigenvalue weighted by Crippen LogP contribution is -2.40. The Morgan fingerprint density at radius 3 is 2.12 bits per heavy atom. The molecule has 0 bridgehead atoms. The van der Waals surface area contributed by atoms with Gasteiger partial charge in [0.15, 0.2) is 6.29 Å². The maximum atomic E-state index is 6.03. The first-order valence-electron chi connectivity index (χ1n) is 8.49. The highest BCUT2D eigenvalue weighted by molar-refractivity contribution is 5.14. The molecule has 1 heterocycles. The highest BCUT2D eigenvalue weighted by Crippen LogP contribution is 2.19. The average Bonchev–Trinajstić information content (AvgIpc) is 2.68. The van der Waals surface area contributed by atoms with Gasteiger partial charge in [0.1, 0.15) is 12.2 Å². The van der Waals surface area contributed by atoms with Gasteiger partial charge in [-0.15, -0.1) is 0 Å². The van der Waals surface area contributed by atoms with Gasteiger partial charge in [-0.2, -0.15) is 0 Å². The van der Waals surface area contributed by atoms with Crippen LogP contribution in [0.2, 0.25) is 0 Å². The van der Waals surface area contributed by atoms with Gasteiger partial charge in [0.2, 0.25) is 0 Å². The molecule has 0 saturated carbocycles. The number of hydrogen-bond acceptors (Lipinski definition) is 4. The van der Waals surface area contributed by atoms with Gasteiger partial charge in [0.25, 0.3) is 0 Å². The first-order chi connectivity index (χ1) is 12.3. The summed E-state index contributed by atoms with van der Waals surface area (Å²) >= 11 is 0. The molecule has 0 spiro atoms. The van der Waals surface area contributed by atoms with E-state index in [1.807, 2.05) is 72.8 Å². The first kappa shape index (κ1) is 17.8. The summed E-state index contributed by atoms with van der Waals surface area (Å²) in [4.78, 5) is 0. The molecule has 3 rings (SSSR count). The van der Waals surface area contributed by atoms with Crippen LogP contribution < -0.4 is 0 Å². The van der Waals surface area contributed by atoms with Gasteiger partial charge in [0.05, 0.1) is 19.8 Å². The minimum absolute atomic E-state index is 0.164. The fourth-order valence-electron chi connectivity index (χ4n) is 2.68. The van der Waals surface area contributed by atoms with Crippen LogP contribution in [0.1, 0.15) is 11.1 Å². The number of benzene rings is 2. The molecule has 4 heteroatoms. The summed E-state index contributed by atoms with van der Waals surface area (Å²) in [6.07, 6.45) is 3.15. The SMILES string of the molecule is CO[C@H]1C=C[C@H](OCc2ccccc2)[C@@H](COCc2ccccc2)O1. The molecule has 132 valence electrons. The molecule has 0 aromatic heterocycles. The van der Waals surface area contributed by atoms with Gasteiger partial charge in [-0.05, 0) is 17.2 Å². The maximum Gasteiger partial charge on any atom is 0.177 e. The molecule has 0 aliphatic carbocycles. The molecule has 2 aromatic carbocycles. The molecule has 0 saturated heterocycles. The van der Waals surface area contributed by atoms with Crippen molar-refractivity contribution in [3.05, 3.63) is 83.9 Å². The van der Waals surface area contributed by atoms with Crippen LogP contribution in [0, 0.1) is 0 Å². The van der Waals surface area contributed by atoms with Crippen LogP contribution in [0.25, 0.3) is 0 Å². The topological polar surface area (TPSA) is 36.9 Å². The fraction of sp³-hybridized carbons (Fsp3) is 0.333. The predicted octanol–water partition coefficient (Wildman–Crippen LogP) is 3.72. The molecule has 0 radical (unpaired) electrons. The van der Waals surface area contributed by atoms with Gasteiger partial charge in [-0.25, -0.2) is 0 Å². The van der Waals surface area contributed by atoms with Crippen molar-refractivity contribution in [2.75, 3.05) is 13.7 Å². The molecule has 0 N–H and O–H groups in total. The van der Waals surface area contributed by atoms with Crippen LogP contribution in [0.15, 0.2) is 72.8 Å². The molecule has 0 fully saturated rings. The van der Waals surface area contributed by atoms with Crippen molar-refractivity contribution in [1.29, 1.82) is 0 Å². The summed E-state index contributed by atoms with van der Waals surface area (Å²) in [7, 11) is 1.63. The van der Waals surface area contributed by atoms with E-state index in [-0.39, 0.29) is 18.5 Å². The van der Waals surface area contributed by atoms with Crippen molar-refractivity contribution < 1.29 is 18.9 Å². The molecule has 2 aromatic rings. The normalized spacial score (nSPS) is 22.8. The average molecular weight is 340 g/mol. The highest BCUT2D eigenvalue weighted by atomic mass is 16.7. The summed E-state index contributed by atoms with van der Waals surface area (Å²) in [5.74, 6) is 0. The summed E-state index contributed by atoms with van der Waals surface area (Å²) < 4.78 is 23.1. The second-order valence-electron chi connectivity index (χ2n) is 5.93. The van der Waals surface area contributed by atoms with Crippen LogP contribution in [0.4, 0.5) is 0 Å². The van der Waals surface area contributed by atoms with E-state index in [2.05, 4.69) is 0 Å². The van der Waals surface area contributed by atoms with E-state index >= 15 is 0 Å². The zero-order chi connectivity index (χ0) is 17.3. The highest BCUT2D eigenvalue weighted by Gasteiger charge is 2.28. The van der Waals surface area contributed by atoms with E-state index in [0.29, 0.717) is 19.8 Å². The van der Waals surface area contributed by atoms with E-state index in [4.69, 9.17) is 18.9 Å². The van der Waals surface area contributed by atoms with Crippen molar-refractivity contribution >= 4 is 0 Å². The standard InChI is InChI=1S/C21H24O4/c1-22-21-13-12-19(24-15-18-10-6-3-7-11-18)20(25-21)16-23-14-17-8-4-2-5-9-17/h2-13,19-21H,14-16H2,1H3/t19-,20+,21+/m0/s1. The first-order valence-corrected chi connectivity index (χ1v) is 8.49. The van der Waals surface area contributed by atoms with Crippen LogP contribution in [0.3, 0.4) is 0 Å². The van der Waals surface area contributed by atoms with Crippen LogP contribution in [-0.2, 0) is 32.2 Å². The van der Waals surface area contributed by atoms with Crippen molar-refractivity contribution in [3.8, 4) is 0 Å². The molecule has 4 nitrogen and oxygen atoms in total. The zero-order valence-corrected chi connectivity index (χ0v) is 14.4. The third-order valence-corrected chi connectivity index (χ3v) is 4.04. The maximum absolute atomic E-state index is 6.03.